The van der Waals surface area contributed by atoms with Crippen LogP contribution in [0.4, 0.5) is 10.8 Å². The van der Waals surface area contributed by atoms with Gasteiger partial charge in [-0.3, -0.25) is 14.4 Å². The number of carbonyl (C=O) groups excluding carboxylic acids is 1. The Morgan fingerprint density at radius 1 is 0.971 bits per heavy atom. The molecule has 0 saturated heterocycles. The van der Waals surface area contributed by atoms with Crippen LogP contribution in [0.15, 0.2) is 84.9 Å². The normalized spacial score (nSPS) is 15.3. The van der Waals surface area contributed by atoms with E-state index in [1.54, 1.807) is 48.5 Å². The van der Waals surface area contributed by atoms with Crippen molar-refractivity contribution in [3.05, 3.63) is 90.5 Å². The molecular weight excluding hydrogens is 472 g/mol. The zero-order valence-corrected chi connectivity index (χ0v) is 19.5. The van der Waals surface area contributed by atoms with Crippen LogP contribution in [-0.2, 0) is 20.6 Å². The van der Waals surface area contributed by atoms with Crippen LogP contribution < -0.4 is 14.4 Å². The topological polar surface area (TPSA) is 101 Å². The predicted octanol–water partition coefficient (Wildman–Crippen LogP) is 3.94. The molecule has 0 saturated carbocycles. The van der Waals surface area contributed by atoms with Gasteiger partial charge in [-0.15, -0.1) is 10.2 Å². The first-order valence-electron chi connectivity index (χ1n) is 10.5. The molecule has 172 valence electrons. The SMILES string of the molecule is O=C(Nc1nnc(-c2ccccc2)s1)C1CN(S(=O)(=O)Cc2ccccc2)c2ccccc2O1. The van der Waals surface area contributed by atoms with E-state index < -0.39 is 22.0 Å². The maximum absolute atomic E-state index is 13.3. The summed E-state index contributed by atoms with van der Waals surface area (Å²) in [6.45, 7) is -0.150. The number of hydrogen-bond acceptors (Lipinski definition) is 7. The average Bonchev–Trinajstić information content (AvgIpc) is 3.32. The van der Waals surface area contributed by atoms with Gasteiger partial charge in [-0.2, -0.15) is 0 Å². The monoisotopic (exact) mass is 492 g/mol. The highest BCUT2D eigenvalue weighted by Gasteiger charge is 2.37. The summed E-state index contributed by atoms with van der Waals surface area (Å²) in [5, 5.41) is 11.9. The number of amides is 1. The molecule has 0 spiro atoms. The molecule has 5 rings (SSSR count). The Labute approximate surface area is 200 Å². The molecule has 1 N–H and O–H groups in total. The standard InChI is InChI=1S/C24H20N4O4S2/c29-22(25-24-27-26-23(33-24)18-11-5-2-6-12-18)21-15-28(19-13-7-8-14-20(19)32-21)34(30,31)16-17-9-3-1-4-10-17/h1-14,21H,15-16H2,(H,25,27,29). The molecule has 2 heterocycles. The number of sulfonamides is 1. The van der Waals surface area contributed by atoms with E-state index in [9.17, 15) is 13.2 Å². The highest BCUT2D eigenvalue weighted by Crippen LogP contribution is 2.36. The van der Waals surface area contributed by atoms with Crippen LogP contribution in [0.25, 0.3) is 10.6 Å². The largest absolute Gasteiger partial charge is 0.476 e. The van der Waals surface area contributed by atoms with Gasteiger partial charge >= 0.3 is 0 Å². The lowest BCUT2D eigenvalue weighted by atomic mass is 10.2. The smallest absolute Gasteiger partial charge is 0.269 e. The van der Waals surface area contributed by atoms with Crippen molar-refractivity contribution in [1.82, 2.24) is 10.2 Å². The fraction of sp³-hybridized carbons (Fsp3) is 0.125. The molecule has 0 fully saturated rings. The predicted molar refractivity (Wildman–Crippen MR) is 131 cm³/mol. The molecule has 3 aromatic carbocycles. The lowest BCUT2D eigenvalue weighted by Gasteiger charge is -2.34. The highest BCUT2D eigenvalue weighted by atomic mass is 32.2. The first-order chi connectivity index (χ1) is 16.5. The molecule has 10 heteroatoms. The number of rotatable bonds is 6. The molecule has 1 aromatic heterocycles. The summed E-state index contributed by atoms with van der Waals surface area (Å²) in [5.41, 5.74) is 1.96. The minimum Gasteiger partial charge on any atom is -0.476 e. The molecule has 1 unspecified atom stereocenters. The second kappa shape index (κ2) is 9.24. The lowest BCUT2D eigenvalue weighted by Crippen LogP contribution is -2.49. The summed E-state index contributed by atoms with van der Waals surface area (Å²) in [6, 6.07) is 25.2. The van der Waals surface area contributed by atoms with Crippen LogP contribution >= 0.6 is 11.3 Å². The number of aromatic nitrogens is 2. The van der Waals surface area contributed by atoms with Gasteiger partial charge in [0.2, 0.25) is 15.2 Å². The van der Waals surface area contributed by atoms with Crippen molar-refractivity contribution >= 4 is 38.1 Å². The third-order valence-corrected chi connectivity index (χ3v) is 7.83. The summed E-state index contributed by atoms with van der Waals surface area (Å²) >= 11 is 1.23. The molecule has 4 aromatic rings. The van der Waals surface area contributed by atoms with Gasteiger partial charge in [-0.05, 0) is 17.7 Å². The maximum atomic E-state index is 13.3. The fourth-order valence-corrected chi connectivity index (χ4v) is 5.96. The van der Waals surface area contributed by atoms with Crippen molar-refractivity contribution in [2.45, 2.75) is 11.9 Å². The van der Waals surface area contributed by atoms with E-state index >= 15 is 0 Å². The second-order valence-corrected chi connectivity index (χ2v) is 10.5. The fourth-order valence-electron chi connectivity index (χ4n) is 3.62. The van der Waals surface area contributed by atoms with Crippen molar-refractivity contribution in [2.24, 2.45) is 0 Å². The number of para-hydroxylation sites is 2. The molecule has 1 aliphatic rings. The van der Waals surface area contributed by atoms with Gasteiger partial charge < -0.3 is 4.74 Å². The van der Waals surface area contributed by atoms with Gasteiger partial charge in [0, 0.05) is 5.56 Å². The van der Waals surface area contributed by atoms with E-state index in [1.165, 1.54) is 15.6 Å². The summed E-state index contributed by atoms with van der Waals surface area (Å²) in [4.78, 5) is 13.0. The zero-order valence-electron chi connectivity index (χ0n) is 17.9. The Morgan fingerprint density at radius 3 is 2.41 bits per heavy atom. The van der Waals surface area contributed by atoms with Crippen LogP contribution in [0.1, 0.15) is 5.56 Å². The molecular formula is C24H20N4O4S2. The van der Waals surface area contributed by atoms with Crippen LogP contribution in [0, 0.1) is 0 Å². The van der Waals surface area contributed by atoms with Gasteiger partial charge in [0.1, 0.15) is 10.8 Å². The van der Waals surface area contributed by atoms with Crippen LogP contribution in [0.3, 0.4) is 0 Å². The highest BCUT2D eigenvalue weighted by molar-refractivity contribution is 7.92. The number of benzene rings is 3. The number of nitrogens with zero attached hydrogens (tertiary/aromatic N) is 3. The Morgan fingerprint density at radius 2 is 1.65 bits per heavy atom. The molecule has 34 heavy (non-hydrogen) atoms. The molecule has 1 aliphatic heterocycles. The molecule has 0 aliphatic carbocycles. The molecule has 8 nitrogen and oxygen atoms in total. The Bertz CT molecular complexity index is 1410. The summed E-state index contributed by atoms with van der Waals surface area (Å²) in [7, 11) is -3.77. The third-order valence-electron chi connectivity index (χ3n) is 5.23. The Balaban J connectivity index is 1.37. The lowest BCUT2D eigenvalue weighted by molar-refractivity contribution is -0.122. The van der Waals surface area contributed by atoms with E-state index in [2.05, 4.69) is 15.5 Å². The van der Waals surface area contributed by atoms with E-state index in [-0.39, 0.29) is 12.3 Å². The van der Waals surface area contributed by atoms with Gasteiger partial charge in [0.05, 0.1) is 18.0 Å². The molecule has 0 radical (unpaired) electrons. The van der Waals surface area contributed by atoms with E-state index in [1.807, 2.05) is 36.4 Å². The summed E-state index contributed by atoms with van der Waals surface area (Å²) < 4.78 is 33.8. The van der Waals surface area contributed by atoms with Gasteiger partial charge in [0.15, 0.2) is 6.10 Å². The third kappa shape index (κ3) is 4.63. The minimum atomic E-state index is -3.77. The van der Waals surface area contributed by atoms with E-state index in [4.69, 9.17) is 4.74 Å². The number of carbonyl (C=O) groups is 1. The van der Waals surface area contributed by atoms with Crippen LogP contribution in [0.2, 0.25) is 0 Å². The van der Waals surface area contributed by atoms with E-state index in [0.717, 1.165) is 5.56 Å². The zero-order chi connectivity index (χ0) is 23.5. The number of fused-ring (bicyclic) bond motifs is 1. The van der Waals surface area contributed by atoms with Crippen molar-refractivity contribution in [1.29, 1.82) is 0 Å². The average molecular weight is 493 g/mol. The van der Waals surface area contributed by atoms with Crippen molar-refractivity contribution in [2.75, 3.05) is 16.2 Å². The summed E-state index contributed by atoms with van der Waals surface area (Å²) in [5.74, 6) is -0.356. The number of hydrogen-bond donors (Lipinski definition) is 1. The number of ether oxygens (including phenoxy) is 1. The van der Waals surface area contributed by atoms with Crippen molar-refractivity contribution < 1.29 is 17.9 Å². The number of anilines is 2. The van der Waals surface area contributed by atoms with Gasteiger partial charge in [0.25, 0.3) is 5.91 Å². The van der Waals surface area contributed by atoms with Crippen LogP contribution in [0.5, 0.6) is 5.75 Å². The van der Waals surface area contributed by atoms with Crippen LogP contribution in [-0.4, -0.2) is 37.2 Å². The van der Waals surface area contributed by atoms with Gasteiger partial charge in [-0.1, -0.05) is 84.1 Å². The molecule has 1 amide bonds. The quantitative estimate of drug-likeness (QED) is 0.438. The molecule has 1 atom stereocenters. The Hall–Kier alpha value is -3.76. The first kappa shape index (κ1) is 22.1. The molecule has 0 bridgehead atoms. The summed E-state index contributed by atoms with van der Waals surface area (Å²) in [6.07, 6.45) is -1.05. The van der Waals surface area contributed by atoms with E-state index in [0.29, 0.717) is 27.1 Å². The minimum absolute atomic E-state index is 0.150. The second-order valence-electron chi connectivity index (χ2n) is 7.61. The van der Waals surface area contributed by atoms with Crippen molar-refractivity contribution in [3.63, 3.8) is 0 Å². The van der Waals surface area contributed by atoms with Crippen molar-refractivity contribution in [3.8, 4) is 16.3 Å². The van der Waals surface area contributed by atoms with Gasteiger partial charge in [-0.25, -0.2) is 8.42 Å². The maximum Gasteiger partial charge on any atom is 0.269 e. The number of nitrogens with one attached hydrogen (secondary N) is 1. The first-order valence-corrected chi connectivity index (χ1v) is 12.9. The Kier molecular flexibility index (Phi) is 5.99.